The van der Waals surface area contributed by atoms with E-state index in [1.54, 1.807) is 12.1 Å². The van der Waals surface area contributed by atoms with Crippen molar-refractivity contribution in [3.63, 3.8) is 0 Å². The quantitative estimate of drug-likeness (QED) is 0.281. The number of ether oxygens (including phenoxy) is 1. The minimum atomic E-state index is -0.237. The molecule has 0 fully saturated rings. The maximum atomic E-state index is 12.8. The molecule has 196 valence electrons. The van der Waals surface area contributed by atoms with E-state index in [9.17, 15) is 14.7 Å². The van der Waals surface area contributed by atoms with E-state index >= 15 is 0 Å². The summed E-state index contributed by atoms with van der Waals surface area (Å²) in [5, 5.41) is 14.3. The molecule has 1 aromatic heterocycles. The molecule has 3 rings (SSSR count). The monoisotopic (exact) mass is 515 g/mol. The van der Waals surface area contributed by atoms with E-state index in [0.717, 1.165) is 36.8 Å². The Morgan fingerprint density at radius 2 is 1.83 bits per heavy atom. The summed E-state index contributed by atoms with van der Waals surface area (Å²) in [7, 11) is 0. The molecular formula is C28H38ClN3O4. The highest BCUT2D eigenvalue weighted by Gasteiger charge is 2.18. The summed E-state index contributed by atoms with van der Waals surface area (Å²) >= 11 is 0. The van der Waals surface area contributed by atoms with Crippen LogP contribution in [0.5, 0.6) is 5.75 Å². The minimum absolute atomic E-state index is 0. The van der Waals surface area contributed by atoms with Crippen molar-refractivity contribution in [2.75, 3.05) is 32.8 Å². The van der Waals surface area contributed by atoms with E-state index in [-0.39, 0.29) is 35.7 Å². The summed E-state index contributed by atoms with van der Waals surface area (Å²) in [4.78, 5) is 29.1. The number of nitrogens with zero attached hydrogens (tertiary/aromatic N) is 1. The third-order valence-corrected chi connectivity index (χ3v) is 6.35. The van der Waals surface area contributed by atoms with Crippen molar-refractivity contribution in [3.05, 3.63) is 76.1 Å². The van der Waals surface area contributed by atoms with Crippen molar-refractivity contribution < 1.29 is 14.6 Å². The van der Waals surface area contributed by atoms with Crippen LogP contribution < -0.4 is 10.9 Å². The third-order valence-electron chi connectivity index (χ3n) is 6.35. The molecule has 0 aliphatic rings. The van der Waals surface area contributed by atoms with Crippen molar-refractivity contribution in [1.82, 2.24) is 15.2 Å². The molecule has 2 aromatic carbocycles. The first-order valence-electron chi connectivity index (χ1n) is 12.4. The number of fused-ring (bicyclic) bond motifs is 1. The molecule has 0 saturated carbocycles. The van der Waals surface area contributed by atoms with Gasteiger partial charge in [0.15, 0.2) is 0 Å². The van der Waals surface area contributed by atoms with E-state index in [0.29, 0.717) is 38.2 Å². The molecule has 3 aromatic rings. The van der Waals surface area contributed by atoms with E-state index in [2.05, 4.69) is 36.3 Å². The van der Waals surface area contributed by atoms with Crippen LogP contribution in [0.1, 0.15) is 37.8 Å². The predicted molar refractivity (Wildman–Crippen MR) is 147 cm³/mol. The summed E-state index contributed by atoms with van der Waals surface area (Å²) in [5.74, 6) is 0.190. The Balaban J connectivity index is 0.00000456. The second-order valence-electron chi connectivity index (χ2n) is 8.80. The summed E-state index contributed by atoms with van der Waals surface area (Å²) in [6.45, 7) is 7.28. The summed E-state index contributed by atoms with van der Waals surface area (Å²) in [6, 6.07) is 17.1. The molecule has 36 heavy (non-hydrogen) atoms. The zero-order chi connectivity index (χ0) is 25.0. The Morgan fingerprint density at radius 1 is 1.06 bits per heavy atom. The number of nitrogens with one attached hydrogen (secondary N) is 2. The lowest BCUT2D eigenvalue weighted by Gasteiger charge is -2.29. The van der Waals surface area contributed by atoms with Gasteiger partial charge in [-0.3, -0.25) is 9.59 Å². The number of pyridine rings is 1. The van der Waals surface area contributed by atoms with Crippen LogP contribution in [0.15, 0.2) is 59.4 Å². The Labute approximate surface area is 219 Å². The first kappa shape index (κ1) is 29.4. The number of hydrogen-bond donors (Lipinski definition) is 3. The highest BCUT2D eigenvalue weighted by atomic mass is 35.5. The summed E-state index contributed by atoms with van der Waals surface area (Å²) in [6.07, 6.45) is 2.88. The number of phenolic OH excluding ortho intramolecular Hbond substituents is 1. The van der Waals surface area contributed by atoms with Crippen LogP contribution in [0.25, 0.3) is 10.9 Å². The van der Waals surface area contributed by atoms with Gasteiger partial charge in [-0.15, -0.1) is 12.4 Å². The Kier molecular flexibility index (Phi) is 12.5. The number of halogens is 1. The summed E-state index contributed by atoms with van der Waals surface area (Å²) < 4.78 is 5.71. The highest BCUT2D eigenvalue weighted by molar-refractivity contribution is 5.87. The zero-order valence-electron chi connectivity index (χ0n) is 21.2. The van der Waals surface area contributed by atoms with Crippen LogP contribution in [-0.2, 0) is 22.4 Å². The van der Waals surface area contributed by atoms with Crippen LogP contribution in [0.4, 0.5) is 0 Å². The van der Waals surface area contributed by atoms with Crippen molar-refractivity contribution in [1.29, 1.82) is 0 Å². The van der Waals surface area contributed by atoms with Gasteiger partial charge >= 0.3 is 0 Å². The van der Waals surface area contributed by atoms with Gasteiger partial charge in [0, 0.05) is 30.6 Å². The average molecular weight is 516 g/mol. The molecule has 0 saturated heterocycles. The number of phenols is 1. The molecule has 1 amide bonds. The fourth-order valence-corrected chi connectivity index (χ4v) is 4.11. The Morgan fingerprint density at radius 3 is 2.58 bits per heavy atom. The number of carbonyl (C=O) groups excluding carboxylic acids is 1. The lowest BCUT2D eigenvalue weighted by atomic mass is 10.0. The average Bonchev–Trinajstić information content (AvgIpc) is 2.87. The van der Waals surface area contributed by atoms with Crippen molar-refractivity contribution in [3.8, 4) is 5.75 Å². The second kappa shape index (κ2) is 15.3. The number of benzene rings is 2. The number of hydrogen-bond acceptors (Lipinski definition) is 5. The number of carbonyl (C=O) groups is 1. The van der Waals surface area contributed by atoms with Crippen LogP contribution in [-0.4, -0.2) is 59.8 Å². The van der Waals surface area contributed by atoms with Crippen molar-refractivity contribution >= 4 is 29.2 Å². The molecule has 7 nitrogen and oxygen atoms in total. The van der Waals surface area contributed by atoms with Crippen LogP contribution in [0, 0.1) is 0 Å². The van der Waals surface area contributed by atoms with Crippen LogP contribution in [0.2, 0.25) is 0 Å². The number of aromatic hydroxyl groups is 1. The number of rotatable bonds is 14. The molecule has 0 aliphatic heterocycles. The number of aromatic amines is 1. The van der Waals surface area contributed by atoms with Gasteiger partial charge in [-0.1, -0.05) is 43.3 Å². The van der Waals surface area contributed by atoms with E-state index in [4.69, 9.17) is 4.74 Å². The Hall–Kier alpha value is -2.87. The standard InChI is InChI=1S/C28H37N3O4.ClH/c1-3-21(2)31(27(34)15-20-35-19-14-22-7-5-4-6-8-22)18-17-29-16-13-23-9-11-25(32)28-24(23)10-12-26(33)30-28;/h4-12,21,29,32H,3,13-20H2,1-2H3,(H,30,33);1H/t21-;/m1./s1. The fraction of sp³-hybridized carbons (Fsp3) is 0.429. The zero-order valence-corrected chi connectivity index (χ0v) is 22.0. The molecule has 0 unspecified atom stereocenters. The van der Waals surface area contributed by atoms with Gasteiger partial charge in [0.1, 0.15) is 5.75 Å². The summed E-state index contributed by atoms with van der Waals surface area (Å²) in [5.41, 5.74) is 2.51. The first-order chi connectivity index (χ1) is 17.0. The number of amides is 1. The molecule has 0 spiro atoms. The SMILES string of the molecule is CC[C@@H](C)N(CCNCCc1ccc(O)c2[nH]c(=O)ccc12)C(=O)CCOCCc1ccccc1.Cl. The second-order valence-corrected chi connectivity index (χ2v) is 8.80. The molecule has 3 N–H and O–H groups in total. The van der Waals surface area contributed by atoms with Crippen LogP contribution in [0.3, 0.4) is 0 Å². The van der Waals surface area contributed by atoms with Gasteiger partial charge in [0.2, 0.25) is 11.5 Å². The fourth-order valence-electron chi connectivity index (χ4n) is 4.11. The molecule has 0 radical (unpaired) electrons. The van der Waals surface area contributed by atoms with Gasteiger partial charge in [-0.2, -0.15) is 0 Å². The third kappa shape index (κ3) is 8.66. The van der Waals surface area contributed by atoms with Crippen LogP contribution >= 0.6 is 12.4 Å². The van der Waals surface area contributed by atoms with Gasteiger partial charge in [-0.05, 0) is 56.0 Å². The number of aromatic nitrogens is 1. The topological polar surface area (TPSA) is 94.7 Å². The molecule has 1 atom stereocenters. The normalized spacial score (nSPS) is 11.7. The molecule has 8 heteroatoms. The van der Waals surface area contributed by atoms with Gasteiger partial charge in [0.25, 0.3) is 0 Å². The minimum Gasteiger partial charge on any atom is -0.506 e. The molecular weight excluding hydrogens is 478 g/mol. The maximum Gasteiger partial charge on any atom is 0.248 e. The van der Waals surface area contributed by atoms with E-state index < -0.39 is 0 Å². The largest absolute Gasteiger partial charge is 0.506 e. The highest BCUT2D eigenvalue weighted by Crippen LogP contribution is 2.24. The van der Waals surface area contributed by atoms with Gasteiger partial charge in [0.05, 0.1) is 25.2 Å². The lowest BCUT2D eigenvalue weighted by Crippen LogP contribution is -2.43. The maximum absolute atomic E-state index is 12.8. The van der Waals surface area contributed by atoms with Crippen molar-refractivity contribution in [2.45, 2.75) is 45.6 Å². The van der Waals surface area contributed by atoms with E-state index in [1.807, 2.05) is 29.2 Å². The van der Waals surface area contributed by atoms with Gasteiger partial charge < -0.3 is 25.0 Å². The Bertz CT molecular complexity index is 1140. The number of H-pyrrole nitrogens is 1. The van der Waals surface area contributed by atoms with Gasteiger partial charge in [-0.25, -0.2) is 0 Å². The van der Waals surface area contributed by atoms with E-state index in [1.165, 1.54) is 11.6 Å². The van der Waals surface area contributed by atoms with Crippen molar-refractivity contribution in [2.24, 2.45) is 0 Å². The predicted octanol–water partition coefficient (Wildman–Crippen LogP) is 4.06. The lowest BCUT2D eigenvalue weighted by molar-refractivity contribution is -0.134. The molecule has 0 aliphatic carbocycles. The molecule has 1 heterocycles. The molecule has 0 bridgehead atoms. The smallest absolute Gasteiger partial charge is 0.248 e. The first-order valence-corrected chi connectivity index (χ1v) is 12.4.